The Morgan fingerprint density at radius 1 is 0.525 bits per heavy atom. The monoisotopic (exact) mass is 514 g/mol. The highest BCUT2D eigenvalue weighted by Gasteiger charge is 2.29. The second-order valence-electron chi connectivity index (χ2n) is 10.2. The minimum atomic E-state index is 0.834. The summed E-state index contributed by atoms with van der Waals surface area (Å²) in [5.41, 5.74) is 8.07. The molecule has 0 amide bonds. The highest BCUT2D eigenvalue weighted by Crippen LogP contribution is 2.53. The zero-order valence-electron chi connectivity index (χ0n) is 21.4. The highest BCUT2D eigenvalue weighted by atomic mass is 16.5. The molecule has 0 unspecified atom stereocenters. The van der Waals surface area contributed by atoms with Gasteiger partial charge in [-0.15, -0.1) is 0 Å². The fourth-order valence-corrected chi connectivity index (χ4v) is 6.31. The molecule has 6 aromatic carbocycles. The second-order valence-corrected chi connectivity index (χ2v) is 10.2. The minimum Gasteiger partial charge on any atom is -0.456 e. The molecule has 0 fully saturated rings. The lowest BCUT2D eigenvalue weighted by Gasteiger charge is -2.30. The fraction of sp³-hybridized carbons (Fsp3) is 0. The highest BCUT2D eigenvalue weighted by molar-refractivity contribution is 6.16. The molecule has 8 aromatic rings. The van der Waals surface area contributed by atoms with E-state index in [0.717, 1.165) is 61.7 Å². The average molecular weight is 515 g/mol. The number of ether oxygens (including phenoxy) is 1. The van der Waals surface area contributed by atoms with Crippen LogP contribution in [-0.4, -0.2) is 4.57 Å². The van der Waals surface area contributed by atoms with Crippen molar-refractivity contribution in [2.45, 2.75) is 0 Å². The summed E-state index contributed by atoms with van der Waals surface area (Å²) < 4.78 is 15.5. The number of hydrogen-bond donors (Lipinski definition) is 0. The molecular formula is C36H22N2O2. The van der Waals surface area contributed by atoms with Crippen LogP contribution in [-0.2, 0) is 0 Å². The van der Waals surface area contributed by atoms with E-state index in [1.165, 1.54) is 16.3 Å². The van der Waals surface area contributed by atoms with Crippen LogP contribution in [0, 0.1) is 0 Å². The summed E-state index contributed by atoms with van der Waals surface area (Å²) in [6, 6.07) is 46.3. The summed E-state index contributed by atoms with van der Waals surface area (Å²) in [5.74, 6) is 1.67. The van der Waals surface area contributed by atoms with Crippen LogP contribution in [0.2, 0.25) is 0 Å². The van der Waals surface area contributed by atoms with Crippen molar-refractivity contribution in [2.24, 2.45) is 0 Å². The topological polar surface area (TPSA) is 30.5 Å². The third-order valence-corrected chi connectivity index (χ3v) is 7.96. The molecular weight excluding hydrogens is 492 g/mol. The molecule has 2 aromatic heterocycles. The van der Waals surface area contributed by atoms with E-state index in [1.807, 2.05) is 36.4 Å². The molecule has 0 atom stereocenters. The Morgan fingerprint density at radius 3 is 2.20 bits per heavy atom. The number of anilines is 3. The molecule has 0 bridgehead atoms. The van der Waals surface area contributed by atoms with Crippen molar-refractivity contribution in [3.8, 4) is 17.2 Å². The second kappa shape index (κ2) is 8.01. The van der Waals surface area contributed by atoms with Gasteiger partial charge in [-0.25, -0.2) is 0 Å². The quantitative estimate of drug-likeness (QED) is 0.235. The van der Waals surface area contributed by atoms with Gasteiger partial charge < -0.3 is 18.6 Å². The van der Waals surface area contributed by atoms with Crippen LogP contribution in [0.1, 0.15) is 0 Å². The van der Waals surface area contributed by atoms with E-state index in [0.29, 0.717) is 0 Å². The number of aromatic nitrogens is 1. The third kappa shape index (κ3) is 2.85. The maximum atomic E-state index is 6.83. The van der Waals surface area contributed by atoms with Gasteiger partial charge in [0.2, 0.25) is 0 Å². The predicted octanol–water partition coefficient (Wildman–Crippen LogP) is 10.3. The van der Waals surface area contributed by atoms with Crippen molar-refractivity contribution in [3.05, 3.63) is 133 Å². The molecule has 40 heavy (non-hydrogen) atoms. The van der Waals surface area contributed by atoms with Gasteiger partial charge in [-0.05, 0) is 60.7 Å². The van der Waals surface area contributed by atoms with E-state index in [1.54, 1.807) is 0 Å². The normalized spacial score (nSPS) is 12.2. The number of benzene rings is 6. The first-order chi connectivity index (χ1) is 19.9. The number of para-hydroxylation sites is 5. The van der Waals surface area contributed by atoms with Gasteiger partial charge in [0.1, 0.15) is 11.2 Å². The van der Waals surface area contributed by atoms with Crippen molar-refractivity contribution in [3.63, 3.8) is 0 Å². The number of furan rings is 1. The Bertz CT molecular complexity index is 2260. The summed E-state index contributed by atoms with van der Waals surface area (Å²) in [6.45, 7) is 0. The van der Waals surface area contributed by atoms with Gasteiger partial charge in [0, 0.05) is 21.8 Å². The van der Waals surface area contributed by atoms with E-state index in [-0.39, 0.29) is 0 Å². The first-order valence-electron chi connectivity index (χ1n) is 13.5. The largest absolute Gasteiger partial charge is 0.456 e. The lowest BCUT2D eigenvalue weighted by molar-refractivity contribution is 0.477. The van der Waals surface area contributed by atoms with Gasteiger partial charge in [0.05, 0.1) is 33.5 Å². The van der Waals surface area contributed by atoms with Crippen LogP contribution < -0.4 is 9.64 Å². The first-order valence-corrected chi connectivity index (χ1v) is 13.5. The van der Waals surface area contributed by atoms with Gasteiger partial charge in [0.25, 0.3) is 0 Å². The predicted molar refractivity (Wildman–Crippen MR) is 163 cm³/mol. The van der Waals surface area contributed by atoms with Crippen LogP contribution in [0.3, 0.4) is 0 Å². The summed E-state index contributed by atoms with van der Waals surface area (Å²) in [4.78, 5) is 2.30. The van der Waals surface area contributed by atoms with Crippen LogP contribution >= 0.6 is 0 Å². The maximum absolute atomic E-state index is 6.83. The maximum Gasteiger partial charge on any atom is 0.176 e. The van der Waals surface area contributed by atoms with Crippen molar-refractivity contribution in [2.75, 3.05) is 4.90 Å². The molecule has 0 saturated carbocycles. The smallest absolute Gasteiger partial charge is 0.176 e. The number of fused-ring (bicyclic) bond motifs is 8. The molecule has 4 heteroatoms. The molecule has 9 rings (SSSR count). The van der Waals surface area contributed by atoms with Crippen LogP contribution in [0.4, 0.5) is 17.1 Å². The molecule has 3 heterocycles. The van der Waals surface area contributed by atoms with Crippen molar-refractivity contribution in [1.82, 2.24) is 4.57 Å². The van der Waals surface area contributed by atoms with Crippen molar-refractivity contribution >= 4 is 60.8 Å². The number of nitrogens with zero attached hydrogens (tertiary/aromatic N) is 2. The van der Waals surface area contributed by atoms with Gasteiger partial charge in [-0.1, -0.05) is 72.8 Å². The van der Waals surface area contributed by atoms with E-state index in [2.05, 4.69) is 107 Å². The lowest BCUT2D eigenvalue weighted by Crippen LogP contribution is -2.13. The average Bonchev–Trinajstić information content (AvgIpc) is 3.56. The van der Waals surface area contributed by atoms with Crippen molar-refractivity contribution in [1.29, 1.82) is 0 Å². The number of rotatable bonds is 3. The minimum absolute atomic E-state index is 0.834. The molecule has 0 saturated heterocycles. The molecule has 0 N–H and O–H groups in total. The van der Waals surface area contributed by atoms with Crippen LogP contribution in [0.25, 0.3) is 49.4 Å². The summed E-state index contributed by atoms with van der Waals surface area (Å²) in [7, 11) is 0. The van der Waals surface area contributed by atoms with Crippen LogP contribution in [0.5, 0.6) is 11.5 Å². The Kier molecular flexibility index (Phi) is 4.30. The fourth-order valence-electron chi connectivity index (χ4n) is 6.31. The Balaban J connectivity index is 1.42. The summed E-state index contributed by atoms with van der Waals surface area (Å²) in [6.07, 6.45) is 0. The summed E-state index contributed by atoms with van der Waals surface area (Å²) in [5, 5.41) is 4.54. The summed E-state index contributed by atoms with van der Waals surface area (Å²) >= 11 is 0. The molecule has 0 aliphatic carbocycles. The molecule has 1 aliphatic rings. The van der Waals surface area contributed by atoms with Gasteiger partial charge in [-0.3, -0.25) is 0 Å². The molecule has 0 radical (unpaired) electrons. The molecule has 1 aliphatic heterocycles. The number of hydrogen-bond acceptors (Lipinski definition) is 3. The van der Waals surface area contributed by atoms with Crippen molar-refractivity contribution < 1.29 is 9.15 Å². The zero-order chi connectivity index (χ0) is 26.2. The van der Waals surface area contributed by atoms with Crippen LogP contribution in [0.15, 0.2) is 138 Å². The Hall–Kier alpha value is -5.48. The van der Waals surface area contributed by atoms with E-state index < -0.39 is 0 Å². The van der Waals surface area contributed by atoms with Gasteiger partial charge >= 0.3 is 0 Å². The standard InChI is InChI=1S/C36H22N2O2/c1-2-11-23(12-3-1)37(29-17-10-20-33-34(29)26-14-5-8-18-31(26)39-33)30-22-21-25-24-13-4-6-15-27(24)38-28-16-7-9-19-32(28)40-36(30)35(25)38/h1-22H. The SMILES string of the molecule is c1ccc(N(c2ccc3c4ccccc4n4c3c2Oc2ccccc2-4)c2cccc3oc4ccccc4c23)cc1. The lowest BCUT2D eigenvalue weighted by atomic mass is 10.1. The van der Waals surface area contributed by atoms with E-state index >= 15 is 0 Å². The molecule has 0 spiro atoms. The Labute approximate surface area is 229 Å². The van der Waals surface area contributed by atoms with Gasteiger partial charge in [-0.2, -0.15) is 0 Å². The Morgan fingerprint density at radius 2 is 1.27 bits per heavy atom. The first kappa shape index (κ1) is 21.5. The molecule has 4 nitrogen and oxygen atoms in total. The molecule has 188 valence electrons. The zero-order valence-corrected chi connectivity index (χ0v) is 21.4. The van der Waals surface area contributed by atoms with Gasteiger partial charge in [0.15, 0.2) is 11.5 Å². The van der Waals surface area contributed by atoms with E-state index in [4.69, 9.17) is 9.15 Å². The third-order valence-electron chi connectivity index (χ3n) is 7.96. The van der Waals surface area contributed by atoms with E-state index in [9.17, 15) is 0 Å².